The van der Waals surface area contributed by atoms with Gasteiger partial charge >= 0.3 is 0 Å². The zero-order valence-electron chi connectivity index (χ0n) is 20.2. The number of aryl methyl sites for hydroxylation is 1. The Kier molecular flexibility index (Phi) is 6.78. The van der Waals surface area contributed by atoms with E-state index in [0.29, 0.717) is 66.9 Å². The molecule has 0 N–H and O–H groups in total. The summed E-state index contributed by atoms with van der Waals surface area (Å²) in [6.45, 7) is 4.17. The predicted octanol–water partition coefficient (Wildman–Crippen LogP) is 1.83. The molecule has 0 atom stereocenters. The standard InChI is InChI=1S/C24H30N4O6/c1-15-17(6-7-22(29)27-8-10-34-11-9-27)24(30)28-21(26(15)2)14-18(25-28)16-12-19(31-3)23(33-5)20(13-16)32-4/h12-14H,6-11H2,1-5H3. The number of amides is 1. The minimum absolute atomic E-state index is 0.0310. The number of carbonyl (C=O) groups is 1. The van der Waals surface area contributed by atoms with Crippen LogP contribution >= 0.6 is 0 Å². The van der Waals surface area contributed by atoms with Gasteiger partial charge in [-0.15, -0.1) is 0 Å². The number of aromatic nitrogens is 3. The van der Waals surface area contributed by atoms with Crippen molar-refractivity contribution in [2.75, 3.05) is 47.6 Å². The van der Waals surface area contributed by atoms with Gasteiger partial charge in [-0.1, -0.05) is 0 Å². The van der Waals surface area contributed by atoms with Crippen molar-refractivity contribution in [3.05, 3.63) is 39.8 Å². The first-order valence-corrected chi connectivity index (χ1v) is 11.1. The van der Waals surface area contributed by atoms with E-state index >= 15 is 0 Å². The van der Waals surface area contributed by atoms with Gasteiger partial charge < -0.3 is 28.4 Å². The van der Waals surface area contributed by atoms with Crippen molar-refractivity contribution < 1.29 is 23.7 Å². The predicted molar refractivity (Wildman–Crippen MR) is 126 cm³/mol. The molecule has 1 fully saturated rings. The van der Waals surface area contributed by atoms with E-state index < -0.39 is 0 Å². The average Bonchev–Trinajstić information content (AvgIpc) is 3.32. The van der Waals surface area contributed by atoms with Crippen molar-refractivity contribution in [1.82, 2.24) is 19.1 Å². The Morgan fingerprint density at radius 2 is 1.71 bits per heavy atom. The van der Waals surface area contributed by atoms with Gasteiger partial charge in [-0.05, 0) is 25.5 Å². The van der Waals surface area contributed by atoms with Crippen LogP contribution in [0.2, 0.25) is 0 Å². The number of hydrogen-bond donors (Lipinski definition) is 0. The smallest absolute Gasteiger partial charge is 0.277 e. The summed E-state index contributed by atoms with van der Waals surface area (Å²) >= 11 is 0. The molecule has 0 bridgehead atoms. The third-order valence-corrected chi connectivity index (χ3v) is 6.34. The fourth-order valence-electron chi connectivity index (χ4n) is 4.28. The maximum Gasteiger partial charge on any atom is 0.277 e. The zero-order valence-corrected chi connectivity index (χ0v) is 20.2. The monoisotopic (exact) mass is 470 g/mol. The first-order valence-electron chi connectivity index (χ1n) is 11.1. The fourth-order valence-corrected chi connectivity index (χ4v) is 4.28. The molecule has 182 valence electrons. The van der Waals surface area contributed by atoms with Crippen molar-refractivity contribution in [2.45, 2.75) is 19.8 Å². The quantitative estimate of drug-likeness (QED) is 0.520. The molecule has 1 aliphatic rings. The molecule has 1 amide bonds. The van der Waals surface area contributed by atoms with Crippen molar-refractivity contribution >= 4 is 11.6 Å². The van der Waals surface area contributed by atoms with Crippen LogP contribution in [0, 0.1) is 6.92 Å². The molecule has 4 rings (SSSR count). The molecule has 0 saturated carbocycles. The maximum absolute atomic E-state index is 13.4. The Balaban J connectivity index is 1.71. The van der Waals surface area contributed by atoms with Gasteiger partial charge in [-0.2, -0.15) is 9.61 Å². The van der Waals surface area contributed by atoms with E-state index in [0.717, 1.165) is 11.3 Å². The maximum atomic E-state index is 13.4. The van der Waals surface area contributed by atoms with E-state index in [9.17, 15) is 9.59 Å². The fraction of sp³-hybridized carbons (Fsp3) is 0.458. The second-order valence-corrected chi connectivity index (χ2v) is 8.13. The summed E-state index contributed by atoms with van der Waals surface area (Å²) in [5, 5.41) is 4.59. The Morgan fingerprint density at radius 3 is 2.29 bits per heavy atom. The normalized spacial score (nSPS) is 13.9. The molecule has 34 heavy (non-hydrogen) atoms. The minimum atomic E-state index is -0.223. The summed E-state index contributed by atoms with van der Waals surface area (Å²) in [5.74, 6) is 1.51. The summed E-state index contributed by atoms with van der Waals surface area (Å²) < 4.78 is 24.9. The summed E-state index contributed by atoms with van der Waals surface area (Å²) in [6, 6.07) is 5.43. The van der Waals surface area contributed by atoms with E-state index in [1.165, 1.54) is 4.52 Å². The largest absolute Gasteiger partial charge is 0.493 e. The lowest BCUT2D eigenvalue weighted by molar-refractivity contribution is -0.135. The van der Waals surface area contributed by atoms with E-state index in [2.05, 4.69) is 5.10 Å². The number of fused-ring (bicyclic) bond motifs is 1. The van der Waals surface area contributed by atoms with Crippen LogP contribution in [0.25, 0.3) is 16.9 Å². The Labute approximate surface area is 197 Å². The van der Waals surface area contributed by atoms with Crippen molar-refractivity contribution in [3.8, 4) is 28.5 Å². The van der Waals surface area contributed by atoms with Gasteiger partial charge in [-0.3, -0.25) is 9.59 Å². The molecule has 0 radical (unpaired) electrons. The summed E-state index contributed by atoms with van der Waals surface area (Å²) in [4.78, 5) is 27.8. The lowest BCUT2D eigenvalue weighted by Gasteiger charge is -2.27. The van der Waals surface area contributed by atoms with Crippen LogP contribution in [-0.2, 0) is 23.0 Å². The van der Waals surface area contributed by atoms with Gasteiger partial charge in [0.05, 0.1) is 40.2 Å². The molecule has 3 aromatic rings. The molecule has 10 nitrogen and oxygen atoms in total. The Bertz CT molecular complexity index is 1250. The average molecular weight is 471 g/mol. The first kappa shape index (κ1) is 23.6. The highest BCUT2D eigenvalue weighted by molar-refractivity contribution is 5.76. The van der Waals surface area contributed by atoms with E-state index in [4.69, 9.17) is 18.9 Å². The van der Waals surface area contributed by atoms with E-state index in [-0.39, 0.29) is 17.9 Å². The second kappa shape index (κ2) is 9.76. The number of hydrogen-bond acceptors (Lipinski definition) is 7. The third kappa shape index (κ3) is 4.21. The van der Waals surface area contributed by atoms with Gasteiger partial charge in [0, 0.05) is 49.4 Å². The molecule has 1 aromatic carbocycles. The van der Waals surface area contributed by atoms with Crippen LogP contribution in [-0.4, -0.2) is 72.6 Å². The lowest BCUT2D eigenvalue weighted by Crippen LogP contribution is -2.41. The Morgan fingerprint density at radius 1 is 1.06 bits per heavy atom. The number of morpholine rings is 1. The van der Waals surface area contributed by atoms with Crippen molar-refractivity contribution in [3.63, 3.8) is 0 Å². The molecule has 1 saturated heterocycles. The number of methoxy groups -OCH3 is 3. The van der Waals surface area contributed by atoms with Crippen LogP contribution in [0.4, 0.5) is 0 Å². The van der Waals surface area contributed by atoms with Gasteiger partial charge in [-0.25, -0.2) is 0 Å². The minimum Gasteiger partial charge on any atom is -0.493 e. The number of rotatable bonds is 7. The highest BCUT2D eigenvalue weighted by Crippen LogP contribution is 2.41. The van der Waals surface area contributed by atoms with E-state index in [1.54, 1.807) is 38.4 Å². The molecule has 2 aromatic heterocycles. The van der Waals surface area contributed by atoms with E-state index in [1.807, 2.05) is 24.6 Å². The summed E-state index contributed by atoms with van der Waals surface area (Å²) in [6.07, 6.45) is 0.618. The van der Waals surface area contributed by atoms with Crippen LogP contribution in [0.15, 0.2) is 23.0 Å². The van der Waals surface area contributed by atoms with Crippen LogP contribution in [0.5, 0.6) is 17.2 Å². The Hall–Kier alpha value is -3.53. The SMILES string of the molecule is COc1cc(-c2cc3n(C)c(C)c(CCC(=O)N4CCOCC4)c(=O)n3n2)cc(OC)c1OC. The number of ether oxygens (including phenoxy) is 4. The summed E-state index contributed by atoms with van der Waals surface area (Å²) in [7, 11) is 6.53. The van der Waals surface area contributed by atoms with Crippen LogP contribution in [0.1, 0.15) is 17.7 Å². The van der Waals surface area contributed by atoms with Gasteiger partial charge in [0.1, 0.15) is 5.65 Å². The third-order valence-electron chi connectivity index (χ3n) is 6.34. The lowest BCUT2D eigenvalue weighted by atomic mass is 10.1. The van der Waals surface area contributed by atoms with Crippen molar-refractivity contribution in [1.29, 1.82) is 0 Å². The number of nitrogens with zero attached hydrogens (tertiary/aromatic N) is 4. The molecular weight excluding hydrogens is 440 g/mol. The molecule has 0 unspecified atom stereocenters. The molecule has 1 aliphatic heterocycles. The van der Waals surface area contributed by atoms with Gasteiger partial charge in [0.15, 0.2) is 11.5 Å². The van der Waals surface area contributed by atoms with Gasteiger partial charge in [0.2, 0.25) is 11.7 Å². The second-order valence-electron chi connectivity index (χ2n) is 8.13. The highest BCUT2D eigenvalue weighted by atomic mass is 16.5. The number of carbonyl (C=O) groups excluding carboxylic acids is 1. The first-order chi connectivity index (χ1) is 16.4. The molecule has 3 heterocycles. The van der Waals surface area contributed by atoms with Gasteiger partial charge in [0.25, 0.3) is 5.56 Å². The zero-order chi connectivity index (χ0) is 24.4. The molecular formula is C24H30N4O6. The van der Waals surface area contributed by atoms with Crippen molar-refractivity contribution in [2.24, 2.45) is 7.05 Å². The van der Waals surface area contributed by atoms with Crippen LogP contribution in [0.3, 0.4) is 0 Å². The molecule has 0 spiro atoms. The van der Waals surface area contributed by atoms with Crippen LogP contribution < -0.4 is 19.8 Å². The number of benzene rings is 1. The summed E-state index contributed by atoms with van der Waals surface area (Å²) in [5.41, 5.74) is 3.13. The molecule has 10 heteroatoms. The topological polar surface area (TPSA) is 96.5 Å². The highest BCUT2D eigenvalue weighted by Gasteiger charge is 2.21. The molecule has 0 aliphatic carbocycles.